The zero-order chi connectivity index (χ0) is 14.6. The molecule has 2 unspecified atom stereocenters. The minimum absolute atomic E-state index is 0.0250. The van der Waals surface area contributed by atoms with Crippen LogP contribution in [0.2, 0.25) is 0 Å². The first kappa shape index (κ1) is 15.3. The summed E-state index contributed by atoms with van der Waals surface area (Å²) in [6, 6.07) is 3.95. The summed E-state index contributed by atoms with van der Waals surface area (Å²) in [5.41, 5.74) is -0.486. The summed E-state index contributed by atoms with van der Waals surface area (Å²) >= 11 is 0. The fourth-order valence-corrected chi connectivity index (χ4v) is 2.19. The molecule has 2 atom stereocenters. The fourth-order valence-electron chi connectivity index (χ4n) is 2.19. The lowest BCUT2D eigenvalue weighted by Gasteiger charge is -2.30. The first-order valence-electron chi connectivity index (χ1n) is 6.33. The maximum Gasteiger partial charge on any atom is 0.323 e. The molecule has 106 valence electrons. The van der Waals surface area contributed by atoms with Gasteiger partial charge < -0.3 is 15.3 Å². The number of hydrogen-bond donors (Lipinski definition) is 4. The molecule has 0 fully saturated rings. The van der Waals surface area contributed by atoms with Crippen molar-refractivity contribution >= 4 is 5.97 Å². The normalized spacial score (nSPS) is 15.7. The minimum atomic E-state index is -1.04. The number of phenolic OH excluding ortho intramolecular Hbond substituents is 2. The number of carboxylic acid groups (broad SMARTS) is 1. The van der Waals surface area contributed by atoms with Crippen molar-refractivity contribution in [2.75, 3.05) is 0 Å². The predicted octanol–water partition coefficient (Wildman–Crippen LogP) is 2.39. The topological polar surface area (TPSA) is 89.8 Å². The number of hydrogen-bond acceptors (Lipinski definition) is 4. The third-order valence-corrected chi connectivity index (χ3v) is 3.24. The Morgan fingerprint density at radius 2 is 2.05 bits per heavy atom. The highest BCUT2D eigenvalue weighted by atomic mass is 16.4. The molecule has 0 spiro atoms. The summed E-state index contributed by atoms with van der Waals surface area (Å²) in [6.45, 7) is 5.33. The lowest BCUT2D eigenvalue weighted by Crippen LogP contribution is -2.50. The van der Waals surface area contributed by atoms with Crippen LogP contribution in [0.4, 0.5) is 0 Å². The summed E-state index contributed by atoms with van der Waals surface area (Å²) in [7, 11) is 0. The third-order valence-electron chi connectivity index (χ3n) is 3.24. The summed E-state index contributed by atoms with van der Waals surface area (Å²) < 4.78 is 0. The number of carboxylic acids is 1. The maximum atomic E-state index is 11.4. The highest BCUT2D eigenvalue weighted by Gasteiger charge is 2.33. The Balaban J connectivity index is 2.94. The van der Waals surface area contributed by atoms with E-state index in [9.17, 15) is 20.1 Å². The van der Waals surface area contributed by atoms with Crippen LogP contribution in [-0.2, 0) is 4.79 Å². The number of aromatic hydroxyl groups is 2. The van der Waals surface area contributed by atoms with Crippen LogP contribution in [-0.4, -0.2) is 26.8 Å². The van der Waals surface area contributed by atoms with E-state index in [1.54, 1.807) is 19.9 Å². The number of benzene rings is 1. The van der Waals surface area contributed by atoms with Crippen LogP contribution in [0.25, 0.3) is 0 Å². The van der Waals surface area contributed by atoms with E-state index in [0.29, 0.717) is 12.0 Å². The molecular formula is C14H21NO4. The van der Waals surface area contributed by atoms with Gasteiger partial charge in [0.2, 0.25) is 0 Å². The second kappa shape index (κ2) is 5.93. The molecule has 0 saturated carbocycles. The number of aliphatic carboxylic acids is 1. The van der Waals surface area contributed by atoms with E-state index < -0.39 is 11.5 Å². The van der Waals surface area contributed by atoms with Crippen molar-refractivity contribution in [2.45, 2.75) is 45.2 Å². The molecule has 0 radical (unpaired) electrons. The molecule has 1 rings (SSSR count). The number of phenols is 2. The van der Waals surface area contributed by atoms with Crippen LogP contribution < -0.4 is 5.32 Å². The number of rotatable bonds is 6. The average molecular weight is 267 g/mol. The molecule has 1 aromatic rings. The second-order valence-corrected chi connectivity index (χ2v) is 5.00. The monoisotopic (exact) mass is 267 g/mol. The van der Waals surface area contributed by atoms with Gasteiger partial charge in [-0.15, -0.1) is 0 Å². The van der Waals surface area contributed by atoms with Crippen LogP contribution in [0.15, 0.2) is 18.2 Å². The molecule has 5 nitrogen and oxygen atoms in total. The Morgan fingerprint density at radius 3 is 2.53 bits per heavy atom. The largest absolute Gasteiger partial charge is 0.508 e. The van der Waals surface area contributed by atoms with Crippen LogP contribution in [0.5, 0.6) is 11.5 Å². The van der Waals surface area contributed by atoms with Crippen molar-refractivity contribution in [3.8, 4) is 11.5 Å². The Hall–Kier alpha value is -1.75. The van der Waals surface area contributed by atoms with E-state index in [2.05, 4.69) is 5.32 Å². The molecule has 0 aliphatic heterocycles. The Kier molecular flexibility index (Phi) is 4.78. The molecule has 0 aliphatic carbocycles. The van der Waals surface area contributed by atoms with Crippen molar-refractivity contribution in [1.82, 2.24) is 5.32 Å². The molecule has 0 saturated heterocycles. The molecule has 1 aromatic carbocycles. The van der Waals surface area contributed by atoms with Gasteiger partial charge in [-0.05, 0) is 26.3 Å². The second-order valence-electron chi connectivity index (χ2n) is 5.00. The van der Waals surface area contributed by atoms with Gasteiger partial charge in [0.05, 0.1) is 0 Å². The molecular weight excluding hydrogens is 246 g/mol. The molecule has 0 amide bonds. The van der Waals surface area contributed by atoms with Gasteiger partial charge in [0.1, 0.15) is 17.0 Å². The Morgan fingerprint density at radius 1 is 1.42 bits per heavy atom. The quantitative estimate of drug-likeness (QED) is 0.635. The van der Waals surface area contributed by atoms with E-state index in [0.717, 1.165) is 6.42 Å². The maximum absolute atomic E-state index is 11.4. The first-order valence-corrected chi connectivity index (χ1v) is 6.33. The molecule has 5 heteroatoms. The highest BCUT2D eigenvalue weighted by molar-refractivity contribution is 5.78. The summed E-state index contributed by atoms with van der Waals surface area (Å²) in [4.78, 5) is 11.4. The zero-order valence-corrected chi connectivity index (χ0v) is 11.5. The van der Waals surface area contributed by atoms with E-state index >= 15 is 0 Å². The van der Waals surface area contributed by atoms with Gasteiger partial charge in [0.25, 0.3) is 0 Å². The van der Waals surface area contributed by atoms with Crippen LogP contribution in [0.1, 0.15) is 45.2 Å². The van der Waals surface area contributed by atoms with Gasteiger partial charge >= 0.3 is 5.97 Å². The lowest BCUT2D eigenvalue weighted by atomic mass is 9.93. The third kappa shape index (κ3) is 3.61. The number of carbonyl (C=O) groups is 1. The van der Waals surface area contributed by atoms with E-state index in [-0.39, 0.29) is 17.5 Å². The molecule has 0 aliphatic rings. The smallest absolute Gasteiger partial charge is 0.323 e. The predicted molar refractivity (Wildman–Crippen MR) is 72.3 cm³/mol. The van der Waals surface area contributed by atoms with Gasteiger partial charge in [-0.3, -0.25) is 10.1 Å². The zero-order valence-electron chi connectivity index (χ0n) is 11.5. The van der Waals surface area contributed by atoms with Crippen molar-refractivity contribution < 1.29 is 20.1 Å². The molecule has 0 aromatic heterocycles. The summed E-state index contributed by atoms with van der Waals surface area (Å²) in [6.07, 6.45) is 1.23. The van der Waals surface area contributed by atoms with Crippen molar-refractivity contribution in [2.24, 2.45) is 0 Å². The van der Waals surface area contributed by atoms with Gasteiger partial charge in [-0.25, -0.2) is 0 Å². The first-order chi connectivity index (χ1) is 8.80. The summed E-state index contributed by atoms with van der Waals surface area (Å²) in [5.74, 6) is -0.994. The molecule has 4 N–H and O–H groups in total. The Bertz CT molecular complexity index is 461. The SMILES string of the molecule is CCCC(C)(NC(C)c1ccc(O)cc1O)C(=O)O. The fraction of sp³-hybridized carbons (Fsp3) is 0.500. The highest BCUT2D eigenvalue weighted by Crippen LogP contribution is 2.29. The molecule has 0 bridgehead atoms. The standard InChI is InChI=1S/C14H21NO4/c1-4-7-14(3,13(18)19)15-9(2)11-6-5-10(16)8-12(11)17/h5-6,8-9,15-17H,4,7H2,1-3H3,(H,18,19). The van der Waals surface area contributed by atoms with Crippen molar-refractivity contribution in [1.29, 1.82) is 0 Å². The van der Waals surface area contributed by atoms with Crippen molar-refractivity contribution in [3.63, 3.8) is 0 Å². The van der Waals surface area contributed by atoms with Gasteiger partial charge in [0.15, 0.2) is 0 Å². The minimum Gasteiger partial charge on any atom is -0.508 e. The molecule has 19 heavy (non-hydrogen) atoms. The average Bonchev–Trinajstić information content (AvgIpc) is 2.28. The van der Waals surface area contributed by atoms with Crippen LogP contribution in [0, 0.1) is 0 Å². The van der Waals surface area contributed by atoms with Crippen LogP contribution in [0.3, 0.4) is 0 Å². The number of nitrogens with one attached hydrogen (secondary N) is 1. The van der Waals surface area contributed by atoms with E-state index in [1.807, 2.05) is 6.92 Å². The van der Waals surface area contributed by atoms with E-state index in [1.165, 1.54) is 12.1 Å². The van der Waals surface area contributed by atoms with Gasteiger partial charge in [-0.2, -0.15) is 0 Å². The van der Waals surface area contributed by atoms with Crippen molar-refractivity contribution in [3.05, 3.63) is 23.8 Å². The molecule has 0 heterocycles. The van der Waals surface area contributed by atoms with Gasteiger partial charge in [-0.1, -0.05) is 19.4 Å². The lowest BCUT2D eigenvalue weighted by molar-refractivity contribution is -0.144. The summed E-state index contributed by atoms with van der Waals surface area (Å²) in [5, 5.41) is 31.4. The van der Waals surface area contributed by atoms with Crippen LogP contribution >= 0.6 is 0 Å². The van der Waals surface area contributed by atoms with E-state index in [4.69, 9.17) is 0 Å². The van der Waals surface area contributed by atoms with Gasteiger partial charge in [0, 0.05) is 17.7 Å². The Labute approximate surface area is 112 Å².